The van der Waals surface area contributed by atoms with Gasteiger partial charge in [-0.2, -0.15) is 10.1 Å². The molecule has 1 aliphatic rings. The number of hydrogen-bond acceptors (Lipinski definition) is 10. The fraction of sp³-hybridized carbons (Fsp3) is 0.438. The summed E-state index contributed by atoms with van der Waals surface area (Å²) in [6.45, 7) is 5.52. The first-order chi connectivity index (χ1) is 13.4. The van der Waals surface area contributed by atoms with Crippen LogP contribution in [0.15, 0.2) is 11.7 Å². The second kappa shape index (κ2) is 7.20. The van der Waals surface area contributed by atoms with Crippen molar-refractivity contribution in [1.29, 1.82) is 0 Å². The van der Waals surface area contributed by atoms with Crippen LogP contribution in [0.4, 0.5) is 22.2 Å². The first-order valence-corrected chi connectivity index (χ1v) is 9.66. The van der Waals surface area contributed by atoms with Crippen molar-refractivity contribution in [3.05, 3.63) is 17.4 Å². The van der Waals surface area contributed by atoms with Crippen LogP contribution in [0.5, 0.6) is 0 Å². The number of thiazole rings is 1. The summed E-state index contributed by atoms with van der Waals surface area (Å²) in [6, 6.07) is 0.0425. The number of nitrogens with two attached hydrogens (primary N) is 1. The quantitative estimate of drug-likeness (QED) is 0.666. The highest BCUT2D eigenvalue weighted by Crippen LogP contribution is 2.28. The number of amides is 1. The summed E-state index contributed by atoms with van der Waals surface area (Å²) in [5.41, 5.74) is 9.68. The zero-order valence-corrected chi connectivity index (χ0v) is 16.6. The van der Waals surface area contributed by atoms with Gasteiger partial charge in [-0.25, -0.2) is 14.8 Å². The van der Waals surface area contributed by atoms with Crippen molar-refractivity contribution in [1.82, 2.24) is 29.8 Å². The first-order valence-electron chi connectivity index (χ1n) is 8.78. The van der Waals surface area contributed by atoms with Crippen LogP contribution >= 0.6 is 11.3 Å². The van der Waals surface area contributed by atoms with Crippen molar-refractivity contribution in [3.63, 3.8) is 0 Å². The Labute approximate surface area is 165 Å². The van der Waals surface area contributed by atoms with E-state index in [-0.39, 0.29) is 12.0 Å². The normalized spacial score (nSPS) is 17.8. The van der Waals surface area contributed by atoms with Gasteiger partial charge in [0, 0.05) is 25.8 Å². The third kappa shape index (κ3) is 3.55. The molecule has 1 saturated heterocycles. The smallest absolute Gasteiger partial charge is 0.368 e. The SMILES string of the molecule is Cc1nn(C)cc1NC(=O)ON1CCN(c2nc(N)nc3scnc23)[C@@H](C)C1. The van der Waals surface area contributed by atoms with Crippen LogP contribution < -0.4 is 16.0 Å². The molecule has 28 heavy (non-hydrogen) atoms. The minimum atomic E-state index is -0.537. The van der Waals surface area contributed by atoms with E-state index in [1.807, 2.05) is 13.8 Å². The molecule has 4 heterocycles. The molecule has 148 valence electrons. The minimum absolute atomic E-state index is 0.0425. The second-order valence-corrected chi connectivity index (χ2v) is 7.48. The molecule has 11 nitrogen and oxygen atoms in total. The van der Waals surface area contributed by atoms with Gasteiger partial charge < -0.3 is 15.5 Å². The number of piperazine rings is 1. The third-order valence-corrected chi connectivity index (χ3v) is 5.24. The fourth-order valence-corrected chi connectivity index (χ4v) is 3.92. The molecule has 0 bridgehead atoms. The van der Waals surface area contributed by atoms with Crippen molar-refractivity contribution in [2.75, 3.05) is 35.6 Å². The molecule has 0 unspecified atom stereocenters. The predicted molar refractivity (Wildman–Crippen MR) is 106 cm³/mol. The molecule has 0 aliphatic carbocycles. The number of rotatable bonds is 3. The van der Waals surface area contributed by atoms with Gasteiger partial charge in [0.1, 0.15) is 5.52 Å². The maximum Gasteiger partial charge on any atom is 0.430 e. The van der Waals surface area contributed by atoms with Gasteiger partial charge in [0.25, 0.3) is 0 Å². The molecule has 1 amide bonds. The molecule has 1 aliphatic heterocycles. The number of nitrogens with one attached hydrogen (secondary N) is 1. The van der Waals surface area contributed by atoms with Crippen molar-refractivity contribution < 1.29 is 9.63 Å². The van der Waals surface area contributed by atoms with Gasteiger partial charge in [0.05, 0.1) is 30.0 Å². The molecule has 1 fully saturated rings. The molecule has 12 heteroatoms. The summed E-state index contributed by atoms with van der Waals surface area (Å²) in [6.07, 6.45) is 1.19. The Morgan fingerprint density at radius 2 is 2.21 bits per heavy atom. The monoisotopic (exact) mass is 403 g/mol. The second-order valence-electron chi connectivity index (χ2n) is 6.65. The van der Waals surface area contributed by atoms with Gasteiger partial charge in [-0.05, 0) is 13.8 Å². The molecule has 0 aromatic carbocycles. The lowest BCUT2D eigenvalue weighted by atomic mass is 10.2. The molecule has 1 atom stereocenters. The number of aromatic nitrogens is 5. The van der Waals surface area contributed by atoms with Crippen molar-refractivity contribution in [2.24, 2.45) is 7.05 Å². The lowest BCUT2D eigenvalue weighted by molar-refractivity contribution is -0.103. The van der Waals surface area contributed by atoms with Crippen LogP contribution in [0.3, 0.4) is 0 Å². The van der Waals surface area contributed by atoms with Gasteiger partial charge in [-0.1, -0.05) is 0 Å². The van der Waals surface area contributed by atoms with Crippen LogP contribution in [0, 0.1) is 6.92 Å². The molecular formula is C16H21N9O2S. The van der Waals surface area contributed by atoms with E-state index in [2.05, 4.69) is 30.3 Å². The lowest BCUT2D eigenvalue weighted by Gasteiger charge is -2.39. The average molecular weight is 403 g/mol. The first kappa shape index (κ1) is 18.4. The average Bonchev–Trinajstić information content (AvgIpc) is 3.20. The minimum Gasteiger partial charge on any atom is -0.368 e. The highest BCUT2D eigenvalue weighted by atomic mass is 32.1. The van der Waals surface area contributed by atoms with Crippen molar-refractivity contribution >= 4 is 45.2 Å². The molecule has 3 aromatic rings. The number of hydrogen-bond donors (Lipinski definition) is 2. The van der Waals surface area contributed by atoms with E-state index < -0.39 is 6.09 Å². The highest BCUT2D eigenvalue weighted by molar-refractivity contribution is 7.16. The van der Waals surface area contributed by atoms with E-state index in [4.69, 9.17) is 10.6 Å². The molecule has 3 aromatic heterocycles. The number of nitrogen functional groups attached to an aromatic ring is 1. The number of fused-ring (bicyclic) bond motifs is 1. The van der Waals surface area contributed by atoms with Crippen LogP contribution in [-0.4, -0.2) is 61.6 Å². The number of aryl methyl sites for hydroxylation is 2. The van der Waals surface area contributed by atoms with Crippen molar-refractivity contribution in [3.8, 4) is 0 Å². The van der Waals surface area contributed by atoms with Crippen LogP contribution in [0.2, 0.25) is 0 Å². The van der Waals surface area contributed by atoms with Gasteiger partial charge in [0.15, 0.2) is 10.6 Å². The molecular weight excluding hydrogens is 382 g/mol. The Morgan fingerprint density at radius 3 is 2.93 bits per heavy atom. The lowest BCUT2D eigenvalue weighted by Crippen LogP contribution is -2.53. The predicted octanol–water partition coefficient (Wildman–Crippen LogP) is 1.38. The number of anilines is 3. The number of carbonyl (C=O) groups is 1. The summed E-state index contributed by atoms with van der Waals surface area (Å²) >= 11 is 1.43. The maximum atomic E-state index is 12.2. The summed E-state index contributed by atoms with van der Waals surface area (Å²) in [5, 5.41) is 8.56. The standard InChI is InChI=1S/C16H21N9O2S/c1-9-6-24(27-16(26)19-11-7-23(3)22-10(11)2)4-5-25(9)13-12-14(28-8-18-12)21-15(17)20-13/h7-9H,4-6H2,1-3H3,(H,19,26)(H2,17,20,21)/t9-/m0/s1. The van der Waals surface area contributed by atoms with E-state index in [1.54, 1.807) is 28.5 Å². The summed E-state index contributed by atoms with van der Waals surface area (Å²) < 4.78 is 1.64. The highest BCUT2D eigenvalue weighted by Gasteiger charge is 2.29. The molecule has 0 radical (unpaired) electrons. The molecule has 0 saturated carbocycles. The topological polar surface area (TPSA) is 127 Å². The van der Waals surface area contributed by atoms with Crippen molar-refractivity contribution in [2.45, 2.75) is 19.9 Å². The Morgan fingerprint density at radius 1 is 1.39 bits per heavy atom. The summed E-state index contributed by atoms with van der Waals surface area (Å²) in [5.74, 6) is 0.940. The maximum absolute atomic E-state index is 12.2. The molecule has 3 N–H and O–H groups in total. The summed E-state index contributed by atoms with van der Waals surface area (Å²) in [7, 11) is 1.80. The van der Waals surface area contributed by atoms with Crippen LogP contribution in [0.25, 0.3) is 10.3 Å². The number of carbonyl (C=O) groups excluding carboxylic acids is 1. The van der Waals surface area contributed by atoms with Crippen LogP contribution in [0.1, 0.15) is 12.6 Å². The Balaban J connectivity index is 1.42. The zero-order valence-electron chi connectivity index (χ0n) is 15.8. The van der Waals surface area contributed by atoms with E-state index in [9.17, 15) is 4.79 Å². The van der Waals surface area contributed by atoms with Gasteiger partial charge in [-0.3, -0.25) is 10.00 Å². The third-order valence-electron chi connectivity index (χ3n) is 4.52. The fourth-order valence-electron chi connectivity index (χ4n) is 3.26. The van der Waals surface area contributed by atoms with E-state index in [0.717, 1.165) is 16.0 Å². The van der Waals surface area contributed by atoms with Crippen LogP contribution in [-0.2, 0) is 11.9 Å². The Bertz CT molecular complexity index is 1020. The van der Waals surface area contributed by atoms with Gasteiger partial charge in [-0.15, -0.1) is 16.4 Å². The molecule has 4 rings (SSSR count). The molecule has 0 spiro atoms. The largest absolute Gasteiger partial charge is 0.430 e. The van der Waals surface area contributed by atoms with E-state index >= 15 is 0 Å². The number of hydroxylamine groups is 2. The zero-order chi connectivity index (χ0) is 19.8. The van der Waals surface area contributed by atoms with E-state index in [1.165, 1.54) is 11.3 Å². The Kier molecular flexibility index (Phi) is 4.73. The summed E-state index contributed by atoms with van der Waals surface area (Å²) in [4.78, 5) is 33.5. The van der Waals surface area contributed by atoms with Gasteiger partial charge in [0.2, 0.25) is 5.95 Å². The number of nitrogens with zero attached hydrogens (tertiary/aromatic N) is 7. The van der Waals surface area contributed by atoms with Gasteiger partial charge >= 0.3 is 6.09 Å². The van der Waals surface area contributed by atoms with E-state index in [0.29, 0.717) is 31.1 Å². The Hall–Kier alpha value is -2.99.